The van der Waals surface area contributed by atoms with Crippen LogP contribution >= 0.6 is 0 Å². The third-order valence-electron chi connectivity index (χ3n) is 7.24. The molecule has 6 rings (SSSR count). The van der Waals surface area contributed by atoms with Crippen LogP contribution in [0.1, 0.15) is 51.6 Å². The Morgan fingerprint density at radius 1 is 0.974 bits per heavy atom. The largest absolute Gasteiger partial charge is 0.338 e. The number of piperazine rings is 1. The van der Waals surface area contributed by atoms with E-state index < -0.39 is 0 Å². The third kappa shape index (κ3) is 5.73. The van der Waals surface area contributed by atoms with Gasteiger partial charge in [-0.2, -0.15) is 10.1 Å². The Kier molecular flexibility index (Phi) is 6.83. The van der Waals surface area contributed by atoms with Crippen molar-refractivity contribution in [2.75, 3.05) is 36.4 Å². The molecule has 0 spiro atoms. The molecule has 2 fully saturated rings. The number of nitrogens with zero attached hydrogens (tertiary/aromatic N) is 6. The van der Waals surface area contributed by atoms with E-state index >= 15 is 0 Å². The second kappa shape index (κ2) is 10.7. The first-order valence-corrected chi connectivity index (χ1v) is 13.3. The number of Topliss-reactive ketones (excluding diaryl/α,β-unsaturated/α-hetero) is 1. The van der Waals surface area contributed by atoms with Gasteiger partial charge in [-0.3, -0.25) is 19.8 Å². The first-order valence-electron chi connectivity index (χ1n) is 13.3. The number of benzene rings is 1. The summed E-state index contributed by atoms with van der Waals surface area (Å²) in [5.41, 5.74) is 4.93. The van der Waals surface area contributed by atoms with E-state index in [1.807, 2.05) is 25.1 Å². The monoisotopic (exact) mass is 508 g/mol. The highest BCUT2D eigenvalue weighted by Gasteiger charge is 2.25. The molecule has 0 unspecified atom stereocenters. The number of aromatic nitrogens is 5. The number of aromatic amines is 1. The lowest BCUT2D eigenvalue weighted by molar-refractivity contribution is 0.0987. The second-order valence-corrected chi connectivity index (χ2v) is 10.2. The zero-order valence-electron chi connectivity index (χ0n) is 21.6. The molecule has 4 aromatic rings. The van der Waals surface area contributed by atoms with Crippen LogP contribution in [0.3, 0.4) is 0 Å². The van der Waals surface area contributed by atoms with E-state index in [1.54, 1.807) is 12.4 Å². The summed E-state index contributed by atoms with van der Waals surface area (Å²) in [5, 5.41) is 10.8. The van der Waals surface area contributed by atoms with Crippen molar-refractivity contribution in [3.8, 4) is 0 Å². The van der Waals surface area contributed by atoms with Crippen LogP contribution in [0.25, 0.3) is 0 Å². The van der Waals surface area contributed by atoms with E-state index in [-0.39, 0.29) is 5.78 Å². The lowest BCUT2D eigenvalue weighted by Crippen LogP contribution is -2.46. The van der Waals surface area contributed by atoms with Gasteiger partial charge >= 0.3 is 0 Å². The fourth-order valence-electron chi connectivity index (χ4n) is 4.88. The number of carbonyl (C=O) groups excluding carboxylic acids is 1. The van der Waals surface area contributed by atoms with Crippen molar-refractivity contribution >= 4 is 23.4 Å². The van der Waals surface area contributed by atoms with E-state index in [9.17, 15) is 4.79 Å². The Hall–Kier alpha value is -4.11. The van der Waals surface area contributed by atoms with E-state index in [1.165, 1.54) is 24.1 Å². The van der Waals surface area contributed by atoms with Crippen molar-refractivity contribution in [3.05, 3.63) is 89.0 Å². The number of ketones is 1. The van der Waals surface area contributed by atoms with Crippen molar-refractivity contribution in [1.82, 2.24) is 30.0 Å². The molecule has 9 heteroatoms. The number of H-pyrrole nitrogens is 1. The molecular weight excluding hydrogens is 476 g/mol. The van der Waals surface area contributed by atoms with Crippen LogP contribution in [0.4, 0.5) is 17.6 Å². The first-order chi connectivity index (χ1) is 18.6. The molecule has 1 aliphatic carbocycles. The van der Waals surface area contributed by atoms with Gasteiger partial charge < -0.3 is 10.2 Å². The second-order valence-electron chi connectivity index (χ2n) is 10.2. The molecule has 1 aromatic carbocycles. The molecule has 9 nitrogen and oxygen atoms in total. The summed E-state index contributed by atoms with van der Waals surface area (Å²) in [6, 6.07) is 16.1. The van der Waals surface area contributed by atoms with Crippen LogP contribution in [-0.2, 0) is 13.0 Å². The molecular formula is C29H32N8O. The summed E-state index contributed by atoms with van der Waals surface area (Å²) in [4.78, 5) is 30.8. The number of carbonyl (C=O) groups is 1. The van der Waals surface area contributed by atoms with E-state index in [0.717, 1.165) is 61.4 Å². The highest BCUT2D eigenvalue weighted by atomic mass is 16.1. The normalized spacial score (nSPS) is 16.0. The molecule has 0 radical (unpaired) electrons. The smallest absolute Gasteiger partial charge is 0.227 e. The number of anilines is 3. The summed E-state index contributed by atoms with van der Waals surface area (Å²) < 4.78 is 0. The minimum atomic E-state index is 0.0563. The molecule has 194 valence electrons. The van der Waals surface area contributed by atoms with Gasteiger partial charge in [0.2, 0.25) is 5.95 Å². The molecule has 3 aromatic heterocycles. The molecule has 1 saturated carbocycles. The fourth-order valence-corrected chi connectivity index (χ4v) is 4.88. The Morgan fingerprint density at radius 3 is 2.53 bits per heavy atom. The number of hydrogen-bond donors (Lipinski definition) is 2. The minimum absolute atomic E-state index is 0.0563. The SMILES string of the molecule is Cc1cccnc1C(=O)Cc1ccc(CN2CCN(c3nccc(Nc4cc(C5CC5)[nH]n4)n3)CC2)cc1. The van der Waals surface area contributed by atoms with Gasteiger partial charge in [0.05, 0.1) is 0 Å². The highest BCUT2D eigenvalue weighted by molar-refractivity contribution is 5.96. The predicted octanol–water partition coefficient (Wildman–Crippen LogP) is 4.27. The molecule has 4 heterocycles. The van der Waals surface area contributed by atoms with Crippen molar-refractivity contribution in [2.24, 2.45) is 0 Å². The number of rotatable bonds is 9. The van der Waals surface area contributed by atoms with Gasteiger partial charge in [0.1, 0.15) is 11.5 Å². The zero-order valence-corrected chi connectivity index (χ0v) is 21.6. The van der Waals surface area contributed by atoms with E-state index in [2.05, 4.69) is 65.6 Å². The zero-order chi connectivity index (χ0) is 25.9. The van der Waals surface area contributed by atoms with E-state index in [0.29, 0.717) is 18.0 Å². The van der Waals surface area contributed by atoms with Crippen LogP contribution in [0.15, 0.2) is 60.9 Å². The highest BCUT2D eigenvalue weighted by Crippen LogP contribution is 2.39. The van der Waals surface area contributed by atoms with Gasteiger partial charge in [0.25, 0.3) is 0 Å². The average molecular weight is 509 g/mol. The number of nitrogens with one attached hydrogen (secondary N) is 2. The number of hydrogen-bond acceptors (Lipinski definition) is 8. The summed E-state index contributed by atoms with van der Waals surface area (Å²) >= 11 is 0. The van der Waals surface area contributed by atoms with Crippen LogP contribution < -0.4 is 10.2 Å². The van der Waals surface area contributed by atoms with Crippen LogP contribution in [0, 0.1) is 6.92 Å². The lowest BCUT2D eigenvalue weighted by atomic mass is 10.0. The maximum Gasteiger partial charge on any atom is 0.227 e. The van der Waals surface area contributed by atoms with Crippen molar-refractivity contribution < 1.29 is 4.79 Å². The van der Waals surface area contributed by atoms with Gasteiger partial charge in [-0.25, -0.2) is 4.98 Å². The standard InChI is InChI=1S/C29H32N8O/c1-20-3-2-11-30-28(20)25(38)17-21-4-6-22(7-5-21)19-36-13-15-37(16-14-36)29-31-12-10-26(33-29)32-27-18-24(34-35-27)23-8-9-23/h2-7,10-12,18,23H,8-9,13-17,19H2,1H3,(H2,31,32,33,34,35). The Labute approximate surface area is 222 Å². The summed E-state index contributed by atoms with van der Waals surface area (Å²) in [5.74, 6) is 2.98. The van der Waals surface area contributed by atoms with Gasteiger partial charge in [-0.15, -0.1) is 0 Å². The maximum absolute atomic E-state index is 12.6. The quantitative estimate of drug-likeness (QED) is 0.323. The summed E-state index contributed by atoms with van der Waals surface area (Å²) in [6.45, 7) is 6.41. The molecule has 0 amide bonds. The van der Waals surface area contributed by atoms with Crippen molar-refractivity contribution in [2.45, 2.75) is 38.6 Å². The van der Waals surface area contributed by atoms with Crippen LogP contribution in [-0.4, -0.2) is 62.0 Å². The Bertz CT molecular complexity index is 1400. The minimum Gasteiger partial charge on any atom is -0.338 e. The van der Waals surface area contributed by atoms with Crippen molar-refractivity contribution in [1.29, 1.82) is 0 Å². The summed E-state index contributed by atoms with van der Waals surface area (Å²) in [7, 11) is 0. The molecule has 2 aliphatic rings. The number of pyridine rings is 1. The van der Waals surface area contributed by atoms with Gasteiger partial charge in [-0.1, -0.05) is 30.3 Å². The Balaban J connectivity index is 0.999. The first kappa shape index (κ1) is 24.2. The van der Waals surface area contributed by atoms with Crippen LogP contribution in [0.2, 0.25) is 0 Å². The Morgan fingerprint density at radius 2 is 1.76 bits per heavy atom. The molecule has 2 N–H and O–H groups in total. The van der Waals surface area contributed by atoms with Crippen LogP contribution in [0.5, 0.6) is 0 Å². The van der Waals surface area contributed by atoms with Crippen molar-refractivity contribution in [3.63, 3.8) is 0 Å². The molecule has 38 heavy (non-hydrogen) atoms. The number of aryl methyl sites for hydroxylation is 1. The topological polar surface area (TPSA) is 103 Å². The average Bonchev–Trinajstić information content (AvgIpc) is 3.69. The van der Waals surface area contributed by atoms with Gasteiger partial charge in [0, 0.05) is 69.2 Å². The fraction of sp³-hybridized carbons (Fsp3) is 0.345. The molecule has 0 atom stereocenters. The lowest BCUT2D eigenvalue weighted by Gasteiger charge is -2.34. The predicted molar refractivity (Wildman–Crippen MR) is 147 cm³/mol. The molecule has 1 aliphatic heterocycles. The maximum atomic E-state index is 12.6. The summed E-state index contributed by atoms with van der Waals surface area (Å²) in [6.07, 6.45) is 6.32. The molecule has 0 bridgehead atoms. The van der Waals surface area contributed by atoms with Gasteiger partial charge in [-0.05, 0) is 48.6 Å². The van der Waals surface area contributed by atoms with Gasteiger partial charge in [0.15, 0.2) is 11.6 Å². The van der Waals surface area contributed by atoms with E-state index in [4.69, 9.17) is 4.98 Å². The third-order valence-corrected chi connectivity index (χ3v) is 7.24. The molecule has 1 saturated heterocycles.